The van der Waals surface area contributed by atoms with Crippen molar-refractivity contribution >= 4 is 46.5 Å². The van der Waals surface area contributed by atoms with E-state index in [4.69, 9.17) is 11.6 Å². The van der Waals surface area contributed by atoms with Crippen molar-refractivity contribution in [3.05, 3.63) is 53.4 Å². The van der Waals surface area contributed by atoms with Crippen LogP contribution in [-0.2, 0) is 4.79 Å². The summed E-state index contributed by atoms with van der Waals surface area (Å²) in [4.78, 5) is 22.6. The predicted molar refractivity (Wildman–Crippen MR) is 168 cm³/mol. The number of anilines is 3. The zero-order valence-corrected chi connectivity index (χ0v) is 25.8. The van der Waals surface area contributed by atoms with Gasteiger partial charge in [0.2, 0.25) is 5.91 Å². The van der Waals surface area contributed by atoms with Crippen LogP contribution >= 0.6 is 23.4 Å². The van der Waals surface area contributed by atoms with Gasteiger partial charge in [0.05, 0.1) is 18.0 Å². The molecule has 2 saturated carbocycles. The molecule has 228 valence electrons. The summed E-state index contributed by atoms with van der Waals surface area (Å²) in [5.74, 6) is 0.970. The van der Waals surface area contributed by atoms with Gasteiger partial charge in [-0.2, -0.15) is 0 Å². The van der Waals surface area contributed by atoms with Gasteiger partial charge in [0.15, 0.2) is 0 Å². The number of thioether (sulfide) groups is 1. The van der Waals surface area contributed by atoms with Crippen LogP contribution in [0.15, 0.2) is 47.6 Å². The van der Waals surface area contributed by atoms with E-state index in [0.717, 1.165) is 39.0 Å². The highest BCUT2D eigenvalue weighted by Gasteiger charge is 2.45. The summed E-state index contributed by atoms with van der Waals surface area (Å²) in [6.07, 6.45) is 7.37. The SMILES string of the molecule is CN1CCN(CC2CC(C(=O)Nc3cc(Nc4cc(-c5cc(Cl)ccc5F)nnc4SCCO)ccn3)C2)CC12CCC2. The largest absolute Gasteiger partial charge is 0.396 e. The molecule has 9 nitrogen and oxygen atoms in total. The lowest BCUT2D eigenvalue weighted by molar-refractivity contribution is -0.124. The van der Waals surface area contributed by atoms with Crippen LogP contribution in [0.2, 0.25) is 5.02 Å². The Kier molecular flexibility index (Phi) is 9.16. The summed E-state index contributed by atoms with van der Waals surface area (Å²) in [6, 6.07) is 9.51. The molecule has 43 heavy (non-hydrogen) atoms. The minimum Gasteiger partial charge on any atom is -0.396 e. The number of halogens is 2. The number of benzene rings is 1. The van der Waals surface area contributed by atoms with Crippen molar-refractivity contribution in [3.63, 3.8) is 0 Å². The highest BCUT2D eigenvalue weighted by Crippen LogP contribution is 2.41. The monoisotopic (exact) mass is 625 g/mol. The number of nitrogens with one attached hydrogen (secondary N) is 2. The molecule has 0 bridgehead atoms. The first-order chi connectivity index (χ1) is 20.8. The van der Waals surface area contributed by atoms with Crippen molar-refractivity contribution in [2.45, 2.75) is 42.7 Å². The normalized spacial score (nSPS) is 21.7. The second kappa shape index (κ2) is 13.0. The van der Waals surface area contributed by atoms with Crippen molar-refractivity contribution in [2.24, 2.45) is 11.8 Å². The third kappa shape index (κ3) is 6.81. The molecular weight excluding hydrogens is 589 g/mol. The Bertz CT molecular complexity index is 1470. The van der Waals surface area contributed by atoms with E-state index in [2.05, 4.69) is 42.7 Å². The number of carbonyl (C=O) groups is 1. The highest BCUT2D eigenvalue weighted by atomic mass is 35.5. The van der Waals surface area contributed by atoms with E-state index in [9.17, 15) is 14.3 Å². The van der Waals surface area contributed by atoms with Crippen LogP contribution in [0.1, 0.15) is 32.1 Å². The molecule has 3 aliphatic rings. The molecule has 0 atom stereocenters. The van der Waals surface area contributed by atoms with Crippen LogP contribution in [0.4, 0.5) is 21.6 Å². The minimum absolute atomic E-state index is 0.00164. The van der Waals surface area contributed by atoms with Crippen molar-refractivity contribution in [2.75, 3.05) is 56.2 Å². The Morgan fingerprint density at radius 1 is 1.19 bits per heavy atom. The molecule has 1 aromatic carbocycles. The summed E-state index contributed by atoms with van der Waals surface area (Å²) in [5.41, 5.74) is 2.20. The average molecular weight is 626 g/mol. The van der Waals surface area contributed by atoms with Crippen molar-refractivity contribution in [1.29, 1.82) is 0 Å². The number of carbonyl (C=O) groups excluding carboxylic acids is 1. The summed E-state index contributed by atoms with van der Waals surface area (Å²) in [5, 5.41) is 25.0. The van der Waals surface area contributed by atoms with Crippen molar-refractivity contribution in [3.8, 4) is 11.3 Å². The standard InChI is InChI=1S/C31H37ClFN7O2S/c1-39-9-10-40(19-31(39)6-2-7-31)18-20-13-21(14-20)29(42)36-28-16-23(5-8-34-28)35-27-17-26(37-38-30(27)43-12-11-41)24-15-22(32)3-4-25(24)33/h3-5,8,15-17,20-21,41H,2,6-7,9-14,18-19H2,1H3,(H2,34,35,36,37,42). The molecule has 2 aliphatic carbocycles. The van der Waals surface area contributed by atoms with E-state index in [1.165, 1.54) is 49.2 Å². The summed E-state index contributed by atoms with van der Waals surface area (Å²) in [6.45, 7) is 4.44. The van der Waals surface area contributed by atoms with Crippen LogP contribution < -0.4 is 10.6 Å². The Labute approximate surface area is 260 Å². The van der Waals surface area contributed by atoms with Crippen LogP contribution in [0, 0.1) is 17.7 Å². The zero-order chi connectivity index (χ0) is 30.0. The van der Waals surface area contributed by atoms with Gasteiger partial charge in [-0.1, -0.05) is 11.6 Å². The van der Waals surface area contributed by atoms with E-state index in [0.29, 0.717) is 50.1 Å². The number of aromatic nitrogens is 3. The van der Waals surface area contributed by atoms with E-state index in [1.807, 2.05) is 0 Å². The number of rotatable bonds is 10. The fourth-order valence-electron chi connectivity index (χ4n) is 6.39. The third-order valence-corrected chi connectivity index (χ3v) is 10.3. The first kappa shape index (κ1) is 30.2. The first-order valence-electron chi connectivity index (χ1n) is 14.9. The number of aliphatic hydroxyl groups is 1. The van der Waals surface area contributed by atoms with Crippen LogP contribution in [-0.4, -0.2) is 87.1 Å². The molecule has 1 aliphatic heterocycles. The molecule has 12 heteroatoms. The molecular formula is C31H37ClFN7O2S. The maximum Gasteiger partial charge on any atom is 0.228 e. The van der Waals surface area contributed by atoms with Gasteiger partial charge in [-0.25, -0.2) is 9.37 Å². The third-order valence-electron chi connectivity index (χ3n) is 9.07. The minimum atomic E-state index is -0.460. The van der Waals surface area contributed by atoms with Gasteiger partial charge in [-0.05, 0) is 75.4 Å². The molecule has 3 fully saturated rings. The fraction of sp³-hybridized carbons (Fsp3) is 0.484. The van der Waals surface area contributed by atoms with Crippen molar-refractivity contribution in [1.82, 2.24) is 25.0 Å². The summed E-state index contributed by atoms with van der Waals surface area (Å²) in [7, 11) is 2.27. The molecule has 3 aromatic rings. The Hall–Kier alpha value is -2.83. The van der Waals surface area contributed by atoms with E-state index < -0.39 is 5.82 Å². The number of hydrogen-bond donors (Lipinski definition) is 3. The molecule has 3 heterocycles. The van der Waals surface area contributed by atoms with Gasteiger partial charge in [0.1, 0.15) is 16.7 Å². The Balaban J connectivity index is 1.08. The fourth-order valence-corrected chi connectivity index (χ4v) is 7.21. The van der Waals surface area contributed by atoms with E-state index >= 15 is 0 Å². The lowest BCUT2D eigenvalue weighted by Gasteiger charge is -2.55. The Morgan fingerprint density at radius 3 is 2.79 bits per heavy atom. The highest BCUT2D eigenvalue weighted by molar-refractivity contribution is 7.99. The molecule has 1 saturated heterocycles. The quantitative estimate of drug-likeness (QED) is 0.259. The summed E-state index contributed by atoms with van der Waals surface area (Å²) >= 11 is 7.43. The second-order valence-electron chi connectivity index (χ2n) is 12.0. The van der Waals surface area contributed by atoms with Gasteiger partial charge >= 0.3 is 0 Å². The Morgan fingerprint density at radius 2 is 2.02 bits per heavy atom. The lowest BCUT2D eigenvalue weighted by atomic mass is 9.72. The number of hydrogen-bond acceptors (Lipinski definition) is 9. The average Bonchev–Trinajstić information content (AvgIpc) is 2.95. The molecule has 0 radical (unpaired) electrons. The smallest absolute Gasteiger partial charge is 0.228 e. The predicted octanol–water partition coefficient (Wildman–Crippen LogP) is 5.29. The van der Waals surface area contributed by atoms with Gasteiger partial charge in [0.25, 0.3) is 0 Å². The molecule has 0 unspecified atom stereocenters. The molecule has 2 aromatic heterocycles. The number of piperazine rings is 1. The van der Waals surface area contributed by atoms with Crippen LogP contribution in [0.5, 0.6) is 0 Å². The maximum atomic E-state index is 14.6. The lowest BCUT2D eigenvalue weighted by Crippen LogP contribution is -2.64. The topological polar surface area (TPSA) is 107 Å². The number of likely N-dealkylation sites (N-methyl/N-ethyl adjacent to an activating group) is 1. The van der Waals surface area contributed by atoms with Crippen molar-refractivity contribution < 1.29 is 14.3 Å². The van der Waals surface area contributed by atoms with Crippen LogP contribution in [0.3, 0.4) is 0 Å². The first-order valence-corrected chi connectivity index (χ1v) is 16.2. The molecule has 1 amide bonds. The number of amides is 1. The summed E-state index contributed by atoms with van der Waals surface area (Å²) < 4.78 is 14.6. The van der Waals surface area contributed by atoms with Crippen LogP contribution in [0.25, 0.3) is 11.3 Å². The number of nitrogens with zero attached hydrogens (tertiary/aromatic N) is 5. The van der Waals surface area contributed by atoms with Gasteiger partial charge in [-0.15, -0.1) is 22.0 Å². The molecule has 3 N–H and O–H groups in total. The second-order valence-corrected chi connectivity index (χ2v) is 13.5. The molecule has 1 spiro atoms. The van der Waals surface area contributed by atoms with E-state index in [-0.39, 0.29) is 24.0 Å². The number of pyridine rings is 1. The zero-order valence-electron chi connectivity index (χ0n) is 24.2. The number of aliphatic hydroxyl groups excluding tert-OH is 1. The van der Waals surface area contributed by atoms with E-state index in [1.54, 1.807) is 24.4 Å². The maximum absolute atomic E-state index is 14.6. The molecule has 6 rings (SSSR count). The van der Waals surface area contributed by atoms with Gasteiger partial charge in [0, 0.05) is 71.9 Å². The van der Waals surface area contributed by atoms with Gasteiger partial charge < -0.3 is 15.7 Å². The van der Waals surface area contributed by atoms with Gasteiger partial charge in [-0.3, -0.25) is 14.6 Å².